The number of carbonyl (C=O) groups is 1. The molecule has 1 unspecified atom stereocenters. The highest BCUT2D eigenvalue weighted by atomic mass is 32.2. The molecule has 1 aromatic heterocycles. The van der Waals surface area contributed by atoms with Crippen molar-refractivity contribution in [3.8, 4) is 10.6 Å². The van der Waals surface area contributed by atoms with E-state index in [0.717, 1.165) is 22.0 Å². The molecule has 0 aliphatic carbocycles. The van der Waals surface area contributed by atoms with Gasteiger partial charge in [-0.25, -0.2) is 13.4 Å². The van der Waals surface area contributed by atoms with Crippen molar-refractivity contribution in [3.63, 3.8) is 0 Å². The van der Waals surface area contributed by atoms with Gasteiger partial charge in [-0.05, 0) is 20.3 Å². The third-order valence-corrected chi connectivity index (χ3v) is 8.77. The van der Waals surface area contributed by atoms with E-state index in [1.807, 2.05) is 44.2 Å². The summed E-state index contributed by atoms with van der Waals surface area (Å²) in [6.45, 7) is 4.46. The highest BCUT2D eigenvalue weighted by molar-refractivity contribution is 7.99. The van der Waals surface area contributed by atoms with Gasteiger partial charge in [0.25, 0.3) is 0 Å². The van der Waals surface area contributed by atoms with Crippen LogP contribution in [0.25, 0.3) is 10.6 Å². The van der Waals surface area contributed by atoms with Gasteiger partial charge in [-0.2, -0.15) is 0 Å². The number of thiazole rings is 1. The number of nitrogens with zero attached hydrogens (tertiary/aromatic N) is 2. The van der Waals surface area contributed by atoms with Gasteiger partial charge in [0.15, 0.2) is 9.84 Å². The van der Waals surface area contributed by atoms with E-state index in [0.29, 0.717) is 18.7 Å². The van der Waals surface area contributed by atoms with Crippen molar-refractivity contribution in [1.82, 2.24) is 9.88 Å². The molecule has 0 radical (unpaired) electrons. The van der Waals surface area contributed by atoms with Crippen LogP contribution in [0.1, 0.15) is 23.9 Å². The Bertz CT molecular complexity index is 894. The Morgan fingerprint density at radius 2 is 2.07 bits per heavy atom. The van der Waals surface area contributed by atoms with E-state index in [4.69, 9.17) is 0 Å². The number of aromatic nitrogens is 1. The van der Waals surface area contributed by atoms with Crippen molar-refractivity contribution in [1.29, 1.82) is 0 Å². The van der Waals surface area contributed by atoms with Gasteiger partial charge in [0, 0.05) is 28.8 Å². The minimum absolute atomic E-state index is 0.0232. The molecule has 1 saturated heterocycles. The maximum Gasteiger partial charge on any atom is 0.232 e. The summed E-state index contributed by atoms with van der Waals surface area (Å²) in [4.78, 5) is 20.1. The van der Waals surface area contributed by atoms with Crippen LogP contribution in [0.5, 0.6) is 0 Å². The van der Waals surface area contributed by atoms with Crippen LogP contribution in [0.15, 0.2) is 30.3 Å². The lowest BCUT2D eigenvalue weighted by atomic mass is 10.2. The van der Waals surface area contributed by atoms with Gasteiger partial charge in [-0.3, -0.25) is 4.79 Å². The van der Waals surface area contributed by atoms with Crippen LogP contribution in [0.3, 0.4) is 0 Å². The second-order valence-corrected chi connectivity index (χ2v) is 10.9. The van der Waals surface area contributed by atoms with Crippen LogP contribution >= 0.6 is 23.1 Å². The van der Waals surface area contributed by atoms with E-state index in [2.05, 4.69) is 4.98 Å². The number of benzene rings is 1. The van der Waals surface area contributed by atoms with Gasteiger partial charge >= 0.3 is 0 Å². The molecule has 146 valence electrons. The molecule has 27 heavy (non-hydrogen) atoms. The molecular weight excluding hydrogens is 400 g/mol. The topological polar surface area (TPSA) is 67.3 Å². The molecule has 1 atom stereocenters. The maximum absolute atomic E-state index is 12.6. The standard InChI is InChI=1S/C19H24N2O3S3/c1-3-21(16-9-10-27(23,24)13-16)18(22)12-25-11-17-14(2)20-19(26-17)15-7-5-4-6-8-15/h4-8,16H,3,9-13H2,1-2H3. The third kappa shape index (κ3) is 5.12. The van der Waals surface area contributed by atoms with Crippen molar-refractivity contribution in [2.75, 3.05) is 23.8 Å². The van der Waals surface area contributed by atoms with Gasteiger partial charge < -0.3 is 4.90 Å². The number of hydrogen-bond acceptors (Lipinski definition) is 6. The molecule has 0 N–H and O–H groups in total. The highest BCUT2D eigenvalue weighted by Crippen LogP contribution is 2.30. The summed E-state index contributed by atoms with van der Waals surface area (Å²) in [6, 6.07) is 9.93. The van der Waals surface area contributed by atoms with Gasteiger partial charge in [-0.1, -0.05) is 30.3 Å². The van der Waals surface area contributed by atoms with Crippen molar-refractivity contribution >= 4 is 38.8 Å². The third-order valence-electron chi connectivity index (χ3n) is 4.68. The van der Waals surface area contributed by atoms with E-state index < -0.39 is 9.84 Å². The first-order chi connectivity index (χ1) is 12.9. The summed E-state index contributed by atoms with van der Waals surface area (Å²) in [5.41, 5.74) is 2.12. The molecule has 1 aliphatic heterocycles. The molecule has 3 rings (SSSR count). The van der Waals surface area contributed by atoms with Crippen molar-refractivity contribution < 1.29 is 13.2 Å². The lowest BCUT2D eigenvalue weighted by molar-refractivity contribution is -0.129. The fourth-order valence-electron chi connectivity index (χ4n) is 3.24. The van der Waals surface area contributed by atoms with E-state index in [1.54, 1.807) is 28.0 Å². The first kappa shape index (κ1) is 20.4. The zero-order valence-corrected chi connectivity index (χ0v) is 18.0. The fraction of sp³-hybridized carbons (Fsp3) is 0.474. The number of thioether (sulfide) groups is 1. The number of aryl methyl sites for hydroxylation is 1. The smallest absolute Gasteiger partial charge is 0.232 e. The molecule has 1 aromatic carbocycles. The van der Waals surface area contributed by atoms with Crippen molar-refractivity contribution in [2.24, 2.45) is 0 Å². The van der Waals surface area contributed by atoms with E-state index >= 15 is 0 Å². The second-order valence-electron chi connectivity index (χ2n) is 6.62. The summed E-state index contributed by atoms with van der Waals surface area (Å²) in [5, 5.41) is 1.00. The van der Waals surface area contributed by atoms with E-state index in [9.17, 15) is 13.2 Å². The first-order valence-electron chi connectivity index (χ1n) is 8.99. The average Bonchev–Trinajstić information content (AvgIpc) is 3.19. The zero-order chi connectivity index (χ0) is 19.4. The molecule has 2 heterocycles. The summed E-state index contributed by atoms with van der Waals surface area (Å²) < 4.78 is 23.4. The minimum Gasteiger partial charge on any atom is -0.338 e. The molecule has 0 saturated carbocycles. The molecule has 1 amide bonds. The van der Waals surface area contributed by atoms with Crippen LogP contribution in [-0.2, 0) is 20.4 Å². The summed E-state index contributed by atoms with van der Waals surface area (Å²) in [7, 11) is -2.98. The summed E-state index contributed by atoms with van der Waals surface area (Å²) >= 11 is 3.24. The molecule has 1 aliphatic rings. The summed E-state index contributed by atoms with van der Waals surface area (Å²) in [5.74, 6) is 1.42. The predicted molar refractivity (Wildman–Crippen MR) is 113 cm³/mol. The quantitative estimate of drug-likeness (QED) is 0.682. The van der Waals surface area contributed by atoms with Crippen molar-refractivity contribution in [2.45, 2.75) is 32.1 Å². The Morgan fingerprint density at radius 1 is 1.33 bits per heavy atom. The van der Waals surface area contributed by atoms with Gasteiger partial charge in [0.2, 0.25) is 5.91 Å². The monoisotopic (exact) mass is 424 g/mol. The number of sulfone groups is 1. The second kappa shape index (κ2) is 8.75. The summed E-state index contributed by atoms with van der Waals surface area (Å²) in [6.07, 6.45) is 0.557. The Labute approximate surface area is 169 Å². The van der Waals surface area contributed by atoms with Crippen LogP contribution in [0, 0.1) is 6.92 Å². The number of amides is 1. The van der Waals surface area contributed by atoms with Crippen molar-refractivity contribution in [3.05, 3.63) is 40.9 Å². The lowest BCUT2D eigenvalue weighted by Gasteiger charge is -2.26. The molecular formula is C19H24N2O3S3. The SMILES string of the molecule is CCN(C(=O)CSCc1sc(-c2ccccc2)nc1C)C1CCS(=O)(=O)C1. The Kier molecular flexibility index (Phi) is 6.60. The first-order valence-corrected chi connectivity index (χ1v) is 12.8. The molecule has 8 heteroatoms. The molecule has 5 nitrogen and oxygen atoms in total. The molecule has 2 aromatic rings. The Hall–Kier alpha value is -1.38. The van der Waals surface area contributed by atoms with Crippen LogP contribution in [-0.4, -0.2) is 54.1 Å². The predicted octanol–water partition coefficient (Wildman–Crippen LogP) is 3.39. The minimum atomic E-state index is -2.98. The average molecular weight is 425 g/mol. The largest absolute Gasteiger partial charge is 0.338 e. The van der Waals surface area contributed by atoms with Crippen LogP contribution < -0.4 is 0 Å². The van der Waals surface area contributed by atoms with Crippen LogP contribution in [0.4, 0.5) is 0 Å². The molecule has 1 fully saturated rings. The van der Waals surface area contributed by atoms with E-state index in [1.165, 1.54) is 4.88 Å². The number of hydrogen-bond donors (Lipinski definition) is 0. The Balaban J connectivity index is 1.56. The van der Waals surface area contributed by atoms with Gasteiger partial charge in [0.05, 0.1) is 23.0 Å². The van der Waals surface area contributed by atoms with Gasteiger partial charge in [-0.15, -0.1) is 23.1 Å². The van der Waals surface area contributed by atoms with Gasteiger partial charge in [0.1, 0.15) is 5.01 Å². The molecule has 0 spiro atoms. The maximum atomic E-state index is 12.6. The molecule has 0 bridgehead atoms. The lowest BCUT2D eigenvalue weighted by Crippen LogP contribution is -2.41. The fourth-order valence-corrected chi connectivity index (χ4v) is 7.16. The highest BCUT2D eigenvalue weighted by Gasteiger charge is 2.33. The Morgan fingerprint density at radius 3 is 2.70 bits per heavy atom. The van der Waals surface area contributed by atoms with E-state index in [-0.39, 0.29) is 23.5 Å². The zero-order valence-electron chi connectivity index (χ0n) is 15.6. The number of rotatable bonds is 7. The number of carbonyl (C=O) groups excluding carboxylic acids is 1. The normalized spacial score (nSPS) is 18.5. The van der Waals surface area contributed by atoms with Crippen LogP contribution in [0.2, 0.25) is 0 Å².